The fourth-order valence-corrected chi connectivity index (χ4v) is 1.16. The summed E-state index contributed by atoms with van der Waals surface area (Å²) in [7, 11) is 0. The van der Waals surface area contributed by atoms with E-state index in [1.165, 1.54) is 0 Å². The van der Waals surface area contributed by atoms with Crippen LogP contribution in [0.25, 0.3) is 0 Å². The lowest BCUT2D eigenvalue weighted by Gasteiger charge is -2.20. The minimum Gasteiger partial charge on any atom is -0.480 e. The van der Waals surface area contributed by atoms with Gasteiger partial charge in [-0.15, -0.1) is 6.42 Å². The number of carboxylic acid groups (broad SMARTS) is 1. The summed E-state index contributed by atoms with van der Waals surface area (Å²) >= 11 is 0. The predicted molar refractivity (Wildman–Crippen MR) is 60.7 cm³/mol. The average molecular weight is 226 g/mol. The summed E-state index contributed by atoms with van der Waals surface area (Å²) in [6.45, 7) is 3.98. The molecule has 0 fully saturated rings. The van der Waals surface area contributed by atoms with E-state index < -0.39 is 12.0 Å². The Morgan fingerprint density at radius 3 is 2.56 bits per heavy atom. The first-order valence-corrected chi connectivity index (χ1v) is 5.19. The van der Waals surface area contributed by atoms with Crippen molar-refractivity contribution in [3.8, 4) is 12.3 Å². The lowest BCUT2D eigenvalue weighted by Crippen LogP contribution is -2.47. The van der Waals surface area contributed by atoms with E-state index in [9.17, 15) is 9.59 Å². The zero-order valence-corrected chi connectivity index (χ0v) is 9.62. The van der Waals surface area contributed by atoms with Crippen molar-refractivity contribution < 1.29 is 14.7 Å². The molecule has 0 rings (SSSR count). The largest absolute Gasteiger partial charge is 0.480 e. The maximum atomic E-state index is 11.3. The molecule has 2 atom stereocenters. The Morgan fingerprint density at radius 1 is 1.50 bits per heavy atom. The monoisotopic (exact) mass is 226 g/mol. The number of hydrogen-bond donors (Lipinski definition) is 3. The molecule has 0 spiro atoms. The van der Waals surface area contributed by atoms with Gasteiger partial charge in [0.1, 0.15) is 6.04 Å². The molecule has 0 saturated heterocycles. The zero-order chi connectivity index (χ0) is 12.6. The van der Waals surface area contributed by atoms with Crippen LogP contribution in [0.15, 0.2) is 0 Å². The Hall–Kier alpha value is -1.54. The van der Waals surface area contributed by atoms with E-state index in [2.05, 4.69) is 16.6 Å². The summed E-state index contributed by atoms with van der Waals surface area (Å²) in [5.74, 6) is 0.850. The first-order valence-electron chi connectivity index (χ1n) is 5.19. The Kier molecular flexibility index (Phi) is 6.97. The quantitative estimate of drug-likeness (QED) is 0.416. The molecule has 0 aliphatic heterocycles. The smallest absolute Gasteiger partial charge is 0.326 e. The third-order valence-corrected chi connectivity index (χ3v) is 2.31. The predicted octanol–water partition coefficient (Wildman–Crippen LogP) is -0.175. The summed E-state index contributed by atoms with van der Waals surface area (Å²) < 4.78 is 0. The fraction of sp³-hybridized carbons (Fsp3) is 0.636. The van der Waals surface area contributed by atoms with Gasteiger partial charge in [-0.2, -0.15) is 0 Å². The highest BCUT2D eigenvalue weighted by atomic mass is 16.4. The molecular weight excluding hydrogens is 208 g/mol. The molecule has 1 amide bonds. The Balaban J connectivity index is 4.15. The average Bonchev–Trinajstić information content (AvgIpc) is 2.25. The number of hydrogen-bond acceptors (Lipinski definition) is 3. The van der Waals surface area contributed by atoms with Gasteiger partial charge < -0.3 is 10.4 Å². The molecule has 0 bridgehead atoms. The van der Waals surface area contributed by atoms with Crippen LogP contribution >= 0.6 is 0 Å². The van der Waals surface area contributed by atoms with Crippen LogP contribution in [0, 0.1) is 18.3 Å². The number of carbonyl (C=O) groups excluding carboxylic acids is 1. The van der Waals surface area contributed by atoms with E-state index in [1.807, 2.05) is 6.92 Å². The van der Waals surface area contributed by atoms with E-state index in [-0.39, 0.29) is 24.9 Å². The molecule has 0 aromatic carbocycles. The normalized spacial score (nSPS) is 13.6. The van der Waals surface area contributed by atoms with Gasteiger partial charge in [-0.25, -0.2) is 4.79 Å². The zero-order valence-electron chi connectivity index (χ0n) is 9.62. The van der Waals surface area contributed by atoms with Gasteiger partial charge in [-0.1, -0.05) is 26.2 Å². The van der Waals surface area contributed by atoms with Crippen molar-refractivity contribution in [2.45, 2.75) is 26.3 Å². The molecule has 5 nitrogen and oxygen atoms in total. The van der Waals surface area contributed by atoms with Gasteiger partial charge >= 0.3 is 5.97 Å². The number of aliphatic carboxylic acids is 1. The van der Waals surface area contributed by atoms with E-state index in [1.54, 1.807) is 6.92 Å². The molecule has 0 aliphatic carbocycles. The second-order valence-electron chi connectivity index (χ2n) is 3.58. The summed E-state index contributed by atoms with van der Waals surface area (Å²) in [5.41, 5.74) is 0. The van der Waals surface area contributed by atoms with E-state index >= 15 is 0 Å². The topological polar surface area (TPSA) is 78.4 Å². The van der Waals surface area contributed by atoms with Crippen molar-refractivity contribution in [2.24, 2.45) is 5.92 Å². The van der Waals surface area contributed by atoms with Crippen LogP contribution in [0.5, 0.6) is 0 Å². The van der Waals surface area contributed by atoms with Crippen molar-refractivity contribution in [2.75, 3.05) is 13.1 Å². The summed E-state index contributed by atoms with van der Waals surface area (Å²) in [4.78, 5) is 22.2. The Labute approximate surface area is 95.6 Å². The molecule has 2 unspecified atom stereocenters. The van der Waals surface area contributed by atoms with Gasteiger partial charge in [0.15, 0.2) is 0 Å². The molecule has 3 N–H and O–H groups in total. The fourth-order valence-electron chi connectivity index (χ4n) is 1.16. The van der Waals surface area contributed by atoms with Crippen LogP contribution in [-0.4, -0.2) is 36.1 Å². The summed E-state index contributed by atoms with van der Waals surface area (Å²) in [6, 6.07) is -0.842. The van der Waals surface area contributed by atoms with Crippen LogP contribution in [0.4, 0.5) is 0 Å². The van der Waals surface area contributed by atoms with E-state index in [0.717, 1.165) is 0 Å². The molecule has 0 aromatic rings. The third-order valence-electron chi connectivity index (χ3n) is 2.31. The standard InChI is InChI=1S/C11H18N2O3/c1-4-6-12-7-9(14)13-10(11(15)16)8(3)5-2/h1,8,10,12H,5-7H2,2-3H3,(H,13,14)(H,15,16). The molecule has 90 valence electrons. The van der Waals surface area contributed by atoms with Crippen molar-refractivity contribution in [1.82, 2.24) is 10.6 Å². The number of carbonyl (C=O) groups is 2. The maximum Gasteiger partial charge on any atom is 0.326 e. The highest BCUT2D eigenvalue weighted by Crippen LogP contribution is 2.07. The first-order chi connectivity index (χ1) is 7.52. The van der Waals surface area contributed by atoms with Crippen LogP contribution in [0.3, 0.4) is 0 Å². The first kappa shape index (κ1) is 14.5. The van der Waals surface area contributed by atoms with E-state index in [4.69, 9.17) is 11.5 Å². The number of rotatable bonds is 7. The summed E-state index contributed by atoms with van der Waals surface area (Å²) in [6.07, 6.45) is 5.69. The number of terminal acetylenes is 1. The number of nitrogens with one attached hydrogen (secondary N) is 2. The van der Waals surface area contributed by atoms with Gasteiger partial charge in [0.05, 0.1) is 13.1 Å². The Morgan fingerprint density at radius 2 is 2.12 bits per heavy atom. The van der Waals surface area contributed by atoms with Gasteiger partial charge in [0.25, 0.3) is 0 Å². The highest BCUT2D eigenvalue weighted by Gasteiger charge is 2.24. The van der Waals surface area contributed by atoms with E-state index in [0.29, 0.717) is 6.42 Å². The van der Waals surface area contributed by atoms with Crippen LogP contribution in [-0.2, 0) is 9.59 Å². The lowest BCUT2D eigenvalue weighted by atomic mass is 9.99. The molecule has 0 radical (unpaired) electrons. The van der Waals surface area contributed by atoms with Crippen LogP contribution in [0.2, 0.25) is 0 Å². The molecule has 0 saturated carbocycles. The highest BCUT2D eigenvalue weighted by molar-refractivity contribution is 5.84. The van der Waals surface area contributed by atoms with Crippen LogP contribution < -0.4 is 10.6 Å². The summed E-state index contributed by atoms with van der Waals surface area (Å²) in [5, 5.41) is 14.1. The maximum absolute atomic E-state index is 11.3. The van der Waals surface area contributed by atoms with Gasteiger partial charge in [-0.05, 0) is 5.92 Å². The second-order valence-corrected chi connectivity index (χ2v) is 3.58. The molecular formula is C11H18N2O3. The third kappa shape index (κ3) is 5.37. The minimum absolute atomic E-state index is 0.0322. The van der Waals surface area contributed by atoms with Crippen molar-refractivity contribution >= 4 is 11.9 Å². The minimum atomic E-state index is -1.01. The molecule has 16 heavy (non-hydrogen) atoms. The molecule has 0 aromatic heterocycles. The van der Waals surface area contributed by atoms with Crippen molar-refractivity contribution in [3.05, 3.63) is 0 Å². The number of amides is 1. The molecule has 0 aliphatic rings. The second kappa shape index (κ2) is 7.71. The van der Waals surface area contributed by atoms with Gasteiger partial charge in [0, 0.05) is 0 Å². The van der Waals surface area contributed by atoms with Crippen molar-refractivity contribution in [3.63, 3.8) is 0 Å². The lowest BCUT2D eigenvalue weighted by molar-refractivity contribution is -0.143. The van der Waals surface area contributed by atoms with Crippen molar-refractivity contribution in [1.29, 1.82) is 0 Å². The molecule has 0 heterocycles. The van der Waals surface area contributed by atoms with Gasteiger partial charge in [0.2, 0.25) is 5.91 Å². The van der Waals surface area contributed by atoms with Crippen LogP contribution in [0.1, 0.15) is 20.3 Å². The van der Waals surface area contributed by atoms with Gasteiger partial charge in [-0.3, -0.25) is 10.1 Å². The molecule has 5 heteroatoms. The Bertz CT molecular complexity index is 283. The number of carboxylic acids is 1. The SMILES string of the molecule is C#CCNCC(=O)NC(C(=O)O)C(C)CC.